The second-order valence-corrected chi connectivity index (χ2v) is 7.29. The van der Waals surface area contributed by atoms with E-state index in [0.29, 0.717) is 19.1 Å². The van der Waals surface area contributed by atoms with E-state index in [1.807, 2.05) is 10.9 Å². The number of carbonyl (C=O) groups excluding carboxylic acids is 2. The molecular formula is C16H22BrN3O3. The zero-order valence-electron chi connectivity index (χ0n) is 13.3. The highest BCUT2D eigenvalue weighted by molar-refractivity contribution is 9.10. The predicted octanol–water partition coefficient (Wildman–Crippen LogP) is 2.69. The Labute approximate surface area is 144 Å². The minimum absolute atomic E-state index is 0.0818. The normalized spacial score (nSPS) is 27.7. The van der Waals surface area contributed by atoms with Crippen LogP contribution in [0.3, 0.4) is 0 Å². The van der Waals surface area contributed by atoms with Crippen LogP contribution in [0, 0.1) is 0 Å². The molecule has 126 valence electrons. The number of amides is 1. The summed E-state index contributed by atoms with van der Waals surface area (Å²) in [4.78, 5) is 25.8. The van der Waals surface area contributed by atoms with Crippen molar-refractivity contribution in [2.24, 2.45) is 0 Å². The third-order valence-corrected chi connectivity index (χ3v) is 5.51. The Balaban J connectivity index is 1.67. The minimum atomic E-state index is -0.305. The van der Waals surface area contributed by atoms with Gasteiger partial charge in [-0.1, -0.05) is 0 Å². The van der Waals surface area contributed by atoms with Crippen molar-refractivity contribution >= 4 is 27.8 Å². The molecule has 6 nitrogen and oxygen atoms in total. The number of rotatable bonds is 4. The van der Waals surface area contributed by atoms with Crippen molar-refractivity contribution < 1.29 is 14.3 Å². The molecule has 2 aliphatic rings. The van der Waals surface area contributed by atoms with Crippen LogP contribution in [0.5, 0.6) is 0 Å². The Morgan fingerprint density at radius 2 is 2.17 bits per heavy atom. The first-order valence-electron chi connectivity index (χ1n) is 8.20. The van der Waals surface area contributed by atoms with Crippen LogP contribution in [0.4, 0.5) is 0 Å². The van der Waals surface area contributed by atoms with Gasteiger partial charge in [0, 0.05) is 18.2 Å². The summed E-state index contributed by atoms with van der Waals surface area (Å²) in [5.74, 6) is -0.224. The second-order valence-electron chi connectivity index (χ2n) is 6.38. The van der Waals surface area contributed by atoms with Gasteiger partial charge in [-0.05, 0) is 55.0 Å². The number of likely N-dealkylation sites (tertiary alicyclic amines) is 1. The van der Waals surface area contributed by atoms with Crippen LogP contribution in [0.15, 0.2) is 16.9 Å². The number of ether oxygens (including phenoxy) is 1. The maximum Gasteiger partial charge on any atom is 0.325 e. The molecule has 1 amide bonds. The van der Waals surface area contributed by atoms with Crippen LogP contribution in [-0.4, -0.2) is 45.2 Å². The highest BCUT2D eigenvalue weighted by atomic mass is 79.9. The summed E-state index contributed by atoms with van der Waals surface area (Å²) in [7, 11) is 0. The Kier molecular flexibility index (Phi) is 4.75. The van der Waals surface area contributed by atoms with Crippen molar-refractivity contribution in [2.45, 2.75) is 57.0 Å². The van der Waals surface area contributed by atoms with E-state index in [9.17, 15) is 9.59 Å². The number of halogens is 1. The van der Waals surface area contributed by atoms with Crippen molar-refractivity contribution in [2.75, 3.05) is 13.2 Å². The number of nitrogens with zero attached hydrogens (tertiary/aromatic N) is 3. The standard InChI is InChI=1S/C16H22BrN3O3/c1-2-23-15(22)11-19-14(21)5-8-16(19)6-3-13(4-7-16)20-10-12(17)9-18-20/h9-10,13H,2-8,11H2,1H3/t13-,16+. The van der Waals surface area contributed by atoms with Crippen molar-refractivity contribution in [3.05, 3.63) is 16.9 Å². The van der Waals surface area contributed by atoms with Gasteiger partial charge in [0.2, 0.25) is 5.91 Å². The highest BCUT2D eigenvalue weighted by Crippen LogP contribution is 2.45. The zero-order valence-corrected chi connectivity index (χ0v) is 14.9. The van der Waals surface area contributed by atoms with E-state index in [1.54, 1.807) is 18.0 Å². The summed E-state index contributed by atoms with van der Waals surface area (Å²) < 4.78 is 8.01. The Hall–Kier alpha value is -1.37. The molecule has 0 unspecified atom stereocenters. The van der Waals surface area contributed by atoms with Crippen LogP contribution >= 0.6 is 15.9 Å². The van der Waals surface area contributed by atoms with Gasteiger partial charge >= 0.3 is 5.97 Å². The van der Waals surface area contributed by atoms with Gasteiger partial charge in [-0.15, -0.1) is 0 Å². The lowest BCUT2D eigenvalue weighted by Crippen LogP contribution is -2.50. The SMILES string of the molecule is CCOC(=O)CN1C(=O)CC[C@]12CC[C@H](n1cc(Br)cn1)CC2. The summed E-state index contributed by atoms with van der Waals surface area (Å²) in [5, 5.41) is 4.38. The molecule has 7 heteroatoms. The lowest BCUT2D eigenvalue weighted by molar-refractivity contribution is -0.151. The van der Waals surface area contributed by atoms with Crippen LogP contribution in [-0.2, 0) is 14.3 Å². The smallest absolute Gasteiger partial charge is 0.325 e. The lowest BCUT2D eigenvalue weighted by atomic mass is 9.77. The molecule has 0 radical (unpaired) electrons. The molecule has 3 rings (SSSR count). The molecule has 0 atom stereocenters. The van der Waals surface area contributed by atoms with Gasteiger partial charge in [-0.25, -0.2) is 0 Å². The van der Waals surface area contributed by atoms with E-state index in [-0.39, 0.29) is 24.0 Å². The van der Waals surface area contributed by atoms with E-state index in [1.165, 1.54) is 0 Å². The molecule has 2 heterocycles. The fourth-order valence-electron chi connectivity index (χ4n) is 3.90. The van der Waals surface area contributed by atoms with Crippen LogP contribution < -0.4 is 0 Å². The molecule has 1 saturated carbocycles. The van der Waals surface area contributed by atoms with E-state index in [0.717, 1.165) is 36.6 Å². The third-order valence-electron chi connectivity index (χ3n) is 5.10. The van der Waals surface area contributed by atoms with Gasteiger partial charge < -0.3 is 9.64 Å². The molecular weight excluding hydrogens is 362 g/mol. The van der Waals surface area contributed by atoms with Gasteiger partial charge in [0.25, 0.3) is 0 Å². The molecule has 1 saturated heterocycles. The quantitative estimate of drug-likeness (QED) is 0.749. The van der Waals surface area contributed by atoms with Gasteiger partial charge in [-0.2, -0.15) is 5.10 Å². The molecule has 1 aliphatic heterocycles. The fourth-order valence-corrected chi connectivity index (χ4v) is 4.21. The lowest BCUT2D eigenvalue weighted by Gasteiger charge is -2.43. The Bertz CT molecular complexity index is 593. The summed E-state index contributed by atoms with van der Waals surface area (Å²) in [5.41, 5.74) is -0.162. The Morgan fingerprint density at radius 1 is 1.43 bits per heavy atom. The first-order valence-corrected chi connectivity index (χ1v) is 8.99. The van der Waals surface area contributed by atoms with E-state index in [4.69, 9.17) is 4.74 Å². The van der Waals surface area contributed by atoms with Gasteiger partial charge in [0.05, 0.1) is 23.3 Å². The number of hydrogen-bond acceptors (Lipinski definition) is 4. The molecule has 0 N–H and O–H groups in total. The summed E-state index contributed by atoms with van der Waals surface area (Å²) in [6.45, 7) is 2.22. The monoisotopic (exact) mass is 383 g/mol. The number of carbonyl (C=O) groups is 2. The molecule has 0 aromatic carbocycles. The predicted molar refractivity (Wildman–Crippen MR) is 87.7 cm³/mol. The van der Waals surface area contributed by atoms with Crippen molar-refractivity contribution in [1.82, 2.24) is 14.7 Å². The third kappa shape index (κ3) is 3.29. The van der Waals surface area contributed by atoms with Crippen molar-refractivity contribution in [1.29, 1.82) is 0 Å². The van der Waals surface area contributed by atoms with Crippen LogP contribution in [0.25, 0.3) is 0 Å². The number of esters is 1. The second kappa shape index (κ2) is 6.63. The topological polar surface area (TPSA) is 64.4 Å². The maximum absolute atomic E-state index is 12.2. The molecule has 1 aromatic heterocycles. The molecule has 2 fully saturated rings. The van der Waals surface area contributed by atoms with E-state index >= 15 is 0 Å². The Morgan fingerprint density at radius 3 is 2.78 bits per heavy atom. The number of hydrogen-bond donors (Lipinski definition) is 0. The van der Waals surface area contributed by atoms with Crippen LogP contribution in [0.2, 0.25) is 0 Å². The zero-order chi connectivity index (χ0) is 16.4. The molecule has 1 spiro atoms. The van der Waals surface area contributed by atoms with Crippen molar-refractivity contribution in [3.63, 3.8) is 0 Å². The van der Waals surface area contributed by atoms with Gasteiger partial charge in [0.1, 0.15) is 6.54 Å². The highest BCUT2D eigenvalue weighted by Gasteiger charge is 2.48. The molecule has 0 bridgehead atoms. The fraction of sp³-hybridized carbons (Fsp3) is 0.688. The first kappa shape index (κ1) is 16.5. The summed E-state index contributed by atoms with van der Waals surface area (Å²) >= 11 is 3.43. The average Bonchev–Trinajstić information content (AvgIpc) is 3.08. The average molecular weight is 384 g/mol. The summed E-state index contributed by atoms with van der Waals surface area (Å²) in [6.07, 6.45) is 8.97. The van der Waals surface area contributed by atoms with Crippen LogP contribution in [0.1, 0.15) is 51.5 Å². The molecule has 1 aromatic rings. The molecule has 1 aliphatic carbocycles. The van der Waals surface area contributed by atoms with E-state index < -0.39 is 0 Å². The largest absolute Gasteiger partial charge is 0.465 e. The first-order chi connectivity index (χ1) is 11.0. The van der Waals surface area contributed by atoms with E-state index in [2.05, 4.69) is 21.0 Å². The minimum Gasteiger partial charge on any atom is -0.465 e. The number of aromatic nitrogens is 2. The molecule has 23 heavy (non-hydrogen) atoms. The van der Waals surface area contributed by atoms with Gasteiger partial charge in [0.15, 0.2) is 0 Å². The van der Waals surface area contributed by atoms with Gasteiger partial charge in [-0.3, -0.25) is 14.3 Å². The maximum atomic E-state index is 12.2. The van der Waals surface area contributed by atoms with Crippen molar-refractivity contribution in [3.8, 4) is 0 Å². The summed E-state index contributed by atoms with van der Waals surface area (Å²) in [6, 6.07) is 0.368.